The minimum Gasteiger partial charge on any atom is -0.456 e. The molecule has 1 aliphatic carbocycles. The van der Waals surface area contributed by atoms with Crippen molar-refractivity contribution in [2.24, 2.45) is 0 Å². The van der Waals surface area contributed by atoms with Crippen molar-refractivity contribution in [3.63, 3.8) is 0 Å². The minimum atomic E-state index is -0.169. The third-order valence-electron chi connectivity index (χ3n) is 10.1. The molecular formula is C47H35NO. The Hall–Kier alpha value is -6.12. The number of fused-ring (bicyclic) bond motifs is 5. The number of furan rings is 1. The highest BCUT2D eigenvalue weighted by molar-refractivity contribution is 5.99. The zero-order chi connectivity index (χ0) is 33.0. The summed E-state index contributed by atoms with van der Waals surface area (Å²) < 4.78 is 6.64. The first-order valence-electron chi connectivity index (χ1n) is 16.9. The van der Waals surface area contributed by atoms with Crippen molar-refractivity contribution < 1.29 is 4.42 Å². The number of para-hydroxylation sites is 1. The van der Waals surface area contributed by atoms with Gasteiger partial charge >= 0.3 is 0 Å². The van der Waals surface area contributed by atoms with Gasteiger partial charge in [-0.2, -0.15) is 0 Å². The van der Waals surface area contributed by atoms with Gasteiger partial charge in [0.05, 0.1) is 0 Å². The molecule has 0 N–H and O–H groups in total. The van der Waals surface area contributed by atoms with Crippen molar-refractivity contribution in [2.75, 3.05) is 4.90 Å². The van der Waals surface area contributed by atoms with E-state index in [1.54, 1.807) is 0 Å². The third kappa shape index (κ3) is 4.88. The molecule has 2 nitrogen and oxygen atoms in total. The van der Waals surface area contributed by atoms with Crippen LogP contribution in [0.1, 0.15) is 25.0 Å². The molecule has 0 saturated carbocycles. The number of rotatable bonds is 6. The summed E-state index contributed by atoms with van der Waals surface area (Å²) >= 11 is 0. The Labute approximate surface area is 287 Å². The highest BCUT2D eigenvalue weighted by atomic mass is 16.3. The first kappa shape index (κ1) is 29.1. The first-order valence-corrected chi connectivity index (χ1v) is 16.9. The number of anilines is 3. The van der Waals surface area contributed by atoms with E-state index < -0.39 is 0 Å². The Morgan fingerprint density at radius 1 is 0.449 bits per heavy atom. The van der Waals surface area contributed by atoms with Crippen molar-refractivity contribution in [2.45, 2.75) is 19.3 Å². The topological polar surface area (TPSA) is 16.4 Å². The van der Waals surface area contributed by atoms with Crippen molar-refractivity contribution >= 4 is 28.0 Å². The van der Waals surface area contributed by atoms with E-state index in [1.165, 1.54) is 49.9 Å². The van der Waals surface area contributed by atoms with Gasteiger partial charge in [-0.15, -0.1) is 0 Å². The zero-order valence-corrected chi connectivity index (χ0v) is 27.6. The molecule has 0 spiro atoms. The second-order valence-electron chi connectivity index (χ2n) is 13.4. The molecule has 9 rings (SSSR count). The molecule has 0 saturated heterocycles. The number of nitrogens with zero attached hydrogens (tertiary/aromatic N) is 1. The van der Waals surface area contributed by atoms with Crippen LogP contribution in [0.25, 0.3) is 55.7 Å². The van der Waals surface area contributed by atoms with E-state index in [1.807, 2.05) is 0 Å². The number of hydrogen-bond donors (Lipinski definition) is 0. The second-order valence-corrected chi connectivity index (χ2v) is 13.4. The normalized spacial score (nSPS) is 12.9. The van der Waals surface area contributed by atoms with Gasteiger partial charge in [-0.25, -0.2) is 0 Å². The fourth-order valence-electron chi connectivity index (χ4n) is 7.66. The molecule has 0 unspecified atom stereocenters. The fourth-order valence-corrected chi connectivity index (χ4v) is 7.66. The average Bonchev–Trinajstić information content (AvgIpc) is 3.66. The molecule has 0 radical (unpaired) electrons. The van der Waals surface area contributed by atoms with E-state index in [0.717, 1.165) is 34.0 Å². The smallest absolute Gasteiger partial charge is 0.140 e. The second kappa shape index (κ2) is 11.5. The maximum atomic E-state index is 6.64. The number of benzene rings is 7. The lowest BCUT2D eigenvalue weighted by Crippen LogP contribution is -2.14. The standard InChI is InChI=1S/C47H35NO/c1-47(2)42-21-12-20-40(44(42)46-45(47)41-19-9-10-22-43(41)49-46)36-17-11-18-39(31-36)48(37-27-23-34(24-28-37)32-13-5-3-6-14-32)38-29-25-35(26-30-38)33-15-7-4-8-16-33/h3-31H,1-2H3. The summed E-state index contributed by atoms with van der Waals surface area (Å²) in [4.78, 5) is 2.35. The van der Waals surface area contributed by atoms with Crippen LogP contribution in [0.3, 0.4) is 0 Å². The van der Waals surface area contributed by atoms with Crippen molar-refractivity contribution in [3.05, 3.63) is 187 Å². The zero-order valence-electron chi connectivity index (χ0n) is 27.6. The molecule has 1 aliphatic rings. The maximum Gasteiger partial charge on any atom is 0.140 e. The van der Waals surface area contributed by atoms with Crippen LogP contribution in [-0.2, 0) is 5.41 Å². The fraction of sp³-hybridized carbons (Fsp3) is 0.0638. The van der Waals surface area contributed by atoms with Gasteiger partial charge in [0.2, 0.25) is 0 Å². The summed E-state index contributed by atoms with van der Waals surface area (Å²) in [5.74, 6) is 0.993. The third-order valence-corrected chi connectivity index (χ3v) is 10.1. The minimum absolute atomic E-state index is 0.169. The van der Waals surface area contributed by atoms with Crippen LogP contribution >= 0.6 is 0 Å². The molecule has 0 bridgehead atoms. The van der Waals surface area contributed by atoms with Gasteiger partial charge in [0.15, 0.2) is 0 Å². The average molecular weight is 630 g/mol. The molecule has 49 heavy (non-hydrogen) atoms. The van der Waals surface area contributed by atoms with E-state index >= 15 is 0 Å². The van der Waals surface area contributed by atoms with Crippen LogP contribution in [0, 0.1) is 0 Å². The molecule has 2 heteroatoms. The molecule has 1 heterocycles. The van der Waals surface area contributed by atoms with Gasteiger partial charge < -0.3 is 9.32 Å². The van der Waals surface area contributed by atoms with E-state index in [4.69, 9.17) is 4.42 Å². The van der Waals surface area contributed by atoms with Crippen molar-refractivity contribution in [3.8, 4) is 44.7 Å². The summed E-state index contributed by atoms with van der Waals surface area (Å²) in [6.45, 7) is 4.64. The quantitative estimate of drug-likeness (QED) is 0.182. The monoisotopic (exact) mass is 629 g/mol. The van der Waals surface area contributed by atoms with Crippen LogP contribution in [0.2, 0.25) is 0 Å². The maximum absolute atomic E-state index is 6.64. The molecular weight excluding hydrogens is 595 g/mol. The van der Waals surface area contributed by atoms with E-state index in [2.05, 4.69) is 195 Å². The van der Waals surface area contributed by atoms with E-state index in [-0.39, 0.29) is 5.41 Å². The number of hydrogen-bond acceptors (Lipinski definition) is 2. The summed E-state index contributed by atoms with van der Waals surface area (Å²) in [5.41, 5.74) is 15.0. The highest BCUT2D eigenvalue weighted by Crippen LogP contribution is 2.55. The van der Waals surface area contributed by atoms with Crippen LogP contribution in [0.15, 0.2) is 180 Å². The Balaban J connectivity index is 1.18. The largest absolute Gasteiger partial charge is 0.456 e. The molecule has 8 aromatic rings. The van der Waals surface area contributed by atoms with Gasteiger partial charge in [0.25, 0.3) is 0 Å². The molecule has 0 atom stereocenters. The van der Waals surface area contributed by atoms with Crippen LogP contribution in [0.4, 0.5) is 17.1 Å². The van der Waals surface area contributed by atoms with Crippen molar-refractivity contribution in [1.29, 1.82) is 0 Å². The summed E-state index contributed by atoms with van der Waals surface area (Å²) in [7, 11) is 0. The molecule has 234 valence electrons. The molecule has 0 fully saturated rings. The lowest BCUT2D eigenvalue weighted by Gasteiger charge is -2.27. The van der Waals surface area contributed by atoms with E-state index in [9.17, 15) is 0 Å². The summed E-state index contributed by atoms with van der Waals surface area (Å²) in [6, 6.07) is 62.9. The SMILES string of the molecule is CC1(C)c2cccc(-c3cccc(N(c4ccc(-c5ccccc5)cc4)c4ccc(-c5ccccc5)cc4)c3)c2-c2oc3ccccc3c21. The van der Waals surface area contributed by atoms with Gasteiger partial charge in [0, 0.05) is 39.0 Å². The van der Waals surface area contributed by atoms with Crippen LogP contribution in [0.5, 0.6) is 0 Å². The van der Waals surface area contributed by atoms with E-state index in [0.29, 0.717) is 0 Å². The Bertz CT molecular complexity index is 2350. The van der Waals surface area contributed by atoms with Gasteiger partial charge in [-0.05, 0) is 81.4 Å². The Kier molecular flexibility index (Phi) is 6.84. The molecule has 7 aromatic carbocycles. The Morgan fingerprint density at radius 2 is 0.980 bits per heavy atom. The van der Waals surface area contributed by atoms with Gasteiger partial charge in [-0.1, -0.05) is 147 Å². The lowest BCUT2D eigenvalue weighted by atomic mass is 9.81. The van der Waals surface area contributed by atoms with Crippen LogP contribution in [-0.4, -0.2) is 0 Å². The first-order chi connectivity index (χ1) is 24.1. The molecule has 0 aliphatic heterocycles. The lowest BCUT2D eigenvalue weighted by molar-refractivity contribution is 0.619. The van der Waals surface area contributed by atoms with Gasteiger partial charge in [0.1, 0.15) is 11.3 Å². The predicted molar refractivity (Wildman–Crippen MR) is 205 cm³/mol. The summed E-state index contributed by atoms with van der Waals surface area (Å²) in [5, 5.41) is 1.20. The highest BCUT2D eigenvalue weighted by Gasteiger charge is 2.41. The summed E-state index contributed by atoms with van der Waals surface area (Å²) in [6.07, 6.45) is 0. The van der Waals surface area contributed by atoms with Crippen LogP contribution < -0.4 is 4.90 Å². The van der Waals surface area contributed by atoms with Crippen molar-refractivity contribution in [1.82, 2.24) is 0 Å². The predicted octanol–water partition coefficient (Wildman–Crippen LogP) is 13.2. The molecule has 0 amide bonds. The molecule has 1 aromatic heterocycles. The Morgan fingerprint density at radius 3 is 1.61 bits per heavy atom. The van der Waals surface area contributed by atoms with Gasteiger partial charge in [-0.3, -0.25) is 0 Å².